The molecular weight excluding hydrogens is 215 g/mol. The van der Waals surface area contributed by atoms with Gasteiger partial charge in [0.25, 0.3) is 0 Å². The van der Waals surface area contributed by atoms with Gasteiger partial charge in [-0.05, 0) is 55.0 Å². The summed E-state index contributed by atoms with van der Waals surface area (Å²) in [5.41, 5.74) is 8.99. The number of hydrogen-bond acceptors (Lipinski definition) is 2. The lowest BCUT2D eigenvalue weighted by Crippen LogP contribution is -2.09. The van der Waals surface area contributed by atoms with E-state index in [1.807, 2.05) is 42.3 Å². The molecule has 2 nitrogen and oxygen atoms in total. The molecule has 0 saturated carbocycles. The molecule has 88 valence electrons. The second-order valence-electron chi connectivity index (χ2n) is 4.08. The monoisotopic (exact) mass is 230 g/mol. The van der Waals surface area contributed by atoms with Gasteiger partial charge < -0.3 is 10.6 Å². The minimum atomic E-state index is -0.181. The Labute approximate surface area is 100 Å². The van der Waals surface area contributed by atoms with E-state index in [-0.39, 0.29) is 5.82 Å². The molecule has 0 radical (unpaired) electrons. The zero-order chi connectivity index (χ0) is 12.4. The fraction of sp³-hybridized carbons (Fsp3) is 0.143. The largest absolute Gasteiger partial charge is 0.399 e. The molecule has 0 saturated heterocycles. The van der Waals surface area contributed by atoms with Crippen molar-refractivity contribution in [3.63, 3.8) is 0 Å². The minimum Gasteiger partial charge on any atom is -0.399 e. The summed E-state index contributed by atoms with van der Waals surface area (Å²) >= 11 is 0. The van der Waals surface area contributed by atoms with Crippen molar-refractivity contribution < 1.29 is 4.39 Å². The second-order valence-corrected chi connectivity index (χ2v) is 4.08. The average molecular weight is 230 g/mol. The molecule has 0 fully saturated rings. The molecule has 0 aliphatic rings. The third-order valence-corrected chi connectivity index (χ3v) is 2.81. The van der Waals surface area contributed by atoms with Gasteiger partial charge in [0.2, 0.25) is 0 Å². The third kappa shape index (κ3) is 2.38. The number of anilines is 3. The van der Waals surface area contributed by atoms with E-state index in [0.717, 1.165) is 17.1 Å². The molecule has 2 aromatic rings. The summed E-state index contributed by atoms with van der Waals surface area (Å²) in [6, 6.07) is 12.6. The second kappa shape index (κ2) is 4.45. The van der Waals surface area contributed by atoms with Crippen LogP contribution in [0, 0.1) is 12.7 Å². The summed E-state index contributed by atoms with van der Waals surface area (Å²) in [6.45, 7) is 1.76. The van der Waals surface area contributed by atoms with Gasteiger partial charge in [-0.1, -0.05) is 0 Å². The van der Waals surface area contributed by atoms with Gasteiger partial charge in [0, 0.05) is 24.1 Å². The summed E-state index contributed by atoms with van der Waals surface area (Å²) in [5.74, 6) is -0.181. The van der Waals surface area contributed by atoms with Crippen molar-refractivity contribution >= 4 is 17.1 Å². The Hall–Kier alpha value is -2.03. The summed E-state index contributed by atoms with van der Waals surface area (Å²) in [5, 5.41) is 0. The average Bonchev–Trinajstić information content (AvgIpc) is 2.33. The molecule has 0 heterocycles. The molecule has 2 aromatic carbocycles. The van der Waals surface area contributed by atoms with Gasteiger partial charge >= 0.3 is 0 Å². The lowest BCUT2D eigenvalue weighted by molar-refractivity contribution is 0.618. The predicted molar refractivity (Wildman–Crippen MR) is 70.1 cm³/mol. The van der Waals surface area contributed by atoms with Crippen molar-refractivity contribution in [3.8, 4) is 0 Å². The lowest BCUT2D eigenvalue weighted by Gasteiger charge is -2.20. The topological polar surface area (TPSA) is 29.3 Å². The maximum Gasteiger partial charge on any atom is 0.126 e. The quantitative estimate of drug-likeness (QED) is 0.800. The van der Waals surface area contributed by atoms with Gasteiger partial charge in [-0.3, -0.25) is 0 Å². The molecule has 2 rings (SSSR count). The van der Waals surface area contributed by atoms with E-state index in [4.69, 9.17) is 5.73 Å². The van der Waals surface area contributed by atoms with Crippen molar-refractivity contribution in [2.24, 2.45) is 0 Å². The first-order valence-electron chi connectivity index (χ1n) is 5.43. The van der Waals surface area contributed by atoms with Crippen molar-refractivity contribution in [2.45, 2.75) is 6.92 Å². The number of nitrogen functional groups attached to an aromatic ring is 1. The summed E-state index contributed by atoms with van der Waals surface area (Å²) in [7, 11) is 1.94. The summed E-state index contributed by atoms with van der Waals surface area (Å²) < 4.78 is 13.2. The van der Waals surface area contributed by atoms with Crippen LogP contribution in [0.2, 0.25) is 0 Å². The molecular formula is C14H15FN2. The number of nitrogens with zero attached hydrogens (tertiary/aromatic N) is 1. The smallest absolute Gasteiger partial charge is 0.126 e. The number of rotatable bonds is 2. The Kier molecular flexibility index (Phi) is 3.00. The maximum atomic E-state index is 13.2. The number of halogens is 1. The first kappa shape index (κ1) is 11.5. The Balaban J connectivity index is 2.33. The Morgan fingerprint density at radius 3 is 2.18 bits per heavy atom. The number of nitrogens with two attached hydrogens (primary N) is 1. The van der Waals surface area contributed by atoms with E-state index >= 15 is 0 Å². The van der Waals surface area contributed by atoms with Gasteiger partial charge in [-0.15, -0.1) is 0 Å². The SMILES string of the molecule is Cc1cc(N(C)c2ccc(N)cc2)ccc1F. The van der Waals surface area contributed by atoms with Crippen LogP contribution in [0.5, 0.6) is 0 Å². The van der Waals surface area contributed by atoms with Gasteiger partial charge in [0.1, 0.15) is 5.82 Å². The Morgan fingerprint density at radius 2 is 1.59 bits per heavy atom. The highest BCUT2D eigenvalue weighted by Crippen LogP contribution is 2.25. The highest BCUT2D eigenvalue weighted by molar-refractivity contribution is 5.64. The van der Waals surface area contributed by atoms with Crippen LogP contribution in [-0.4, -0.2) is 7.05 Å². The molecule has 0 aliphatic heterocycles. The third-order valence-electron chi connectivity index (χ3n) is 2.81. The van der Waals surface area contributed by atoms with Crippen molar-refractivity contribution in [3.05, 3.63) is 53.8 Å². The Morgan fingerprint density at radius 1 is 1.00 bits per heavy atom. The van der Waals surface area contributed by atoms with Crippen molar-refractivity contribution in [1.82, 2.24) is 0 Å². The van der Waals surface area contributed by atoms with Crippen LogP contribution in [-0.2, 0) is 0 Å². The van der Waals surface area contributed by atoms with Gasteiger partial charge in [0.05, 0.1) is 0 Å². The minimum absolute atomic E-state index is 0.181. The molecule has 0 bridgehead atoms. The van der Waals surface area contributed by atoms with E-state index in [1.165, 1.54) is 6.07 Å². The molecule has 0 atom stereocenters. The molecule has 0 aliphatic carbocycles. The van der Waals surface area contributed by atoms with E-state index < -0.39 is 0 Å². The van der Waals surface area contributed by atoms with E-state index in [1.54, 1.807) is 13.0 Å². The molecule has 0 unspecified atom stereocenters. The van der Waals surface area contributed by atoms with Gasteiger partial charge in [-0.25, -0.2) is 4.39 Å². The van der Waals surface area contributed by atoms with Crippen LogP contribution in [0.3, 0.4) is 0 Å². The van der Waals surface area contributed by atoms with Gasteiger partial charge in [0.15, 0.2) is 0 Å². The predicted octanol–water partition coefficient (Wildman–Crippen LogP) is 3.48. The summed E-state index contributed by atoms with van der Waals surface area (Å²) in [4.78, 5) is 1.99. The number of aryl methyl sites for hydroxylation is 1. The highest BCUT2D eigenvalue weighted by atomic mass is 19.1. The normalized spacial score (nSPS) is 10.3. The van der Waals surface area contributed by atoms with Crippen LogP contribution in [0.4, 0.5) is 21.5 Å². The van der Waals surface area contributed by atoms with E-state index in [9.17, 15) is 4.39 Å². The van der Waals surface area contributed by atoms with E-state index in [0.29, 0.717) is 5.56 Å². The van der Waals surface area contributed by atoms with Crippen LogP contribution in [0.1, 0.15) is 5.56 Å². The molecule has 0 aromatic heterocycles. The van der Waals surface area contributed by atoms with E-state index in [2.05, 4.69) is 0 Å². The summed E-state index contributed by atoms with van der Waals surface area (Å²) in [6.07, 6.45) is 0. The first-order chi connectivity index (χ1) is 8.08. The zero-order valence-electron chi connectivity index (χ0n) is 9.94. The van der Waals surface area contributed by atoms with Crippen LogP contribution >= 0.6 is 0 Å². The zero-order valence-corrected chi connectivity index (χ0v) is 9.94. The molecule has 0 amide bonds. The molecule has 2 N–H and O–H groups in total. The number of benzene rings is 2. The molecule has 3 heteroatoms. The maximum absolute atomic E-state index is 13.2. The molecule has 0 spiro atoms. The van der Waals surface area contributed by atoms with Crippen molar-refractivity contribution in [1.29, 1.82) is 0 Å². The lowest BCUT2D eigenvalue weighted by atomic mass is 10.2. The fourth-order valence-corrected chi connectivity index (χ4v) is 1.68. The van der Waals surface area contributed by atoms with Crippen LogP contribution in [0.25, 0.3) is 0 Å². The highest BCUT2D eigenvalue weighted by Gasteiger charge is 2.05. The fourth-order valence-electron chi connectivity index (χ4n) is 1.68. The van der Waals surface area contributed by atoms with Gasteiger partial charge in [-0.2, -0.15) is 0 Å². The van der Waals surface area contributed by atoms with Crippen LogP contribution < -0.4 is 10.6 Å². The Bertz CT molecular complexity index is 520. The first-order valence-corrected chi connectivity index (χ1v) is 5.43. The molecule has 17 heavy (non-hydrogen) atoms. The standard InChI is InChI=1S/C14H15FN2/c1-10-9-13(7-8-14(10)15)17(2)12-5-3-11(16)4-6-12/h3-9H,16H2,1-2H3. The van der Waals surface area contributed by atoms with Crippen LogP contribution in [0.15, 0.2) is 42.5 Å². The van der Waals surface area contributed by atoms with Crippen molar-refractivity contribution in [2.75, 3.05) is 17.7 Å². The number of hydrogen-bond donors (Lipinski definition) is 1.